The van der Waals surface area contributed by atoms with Gasteiger partial charge in [0.15, 0.2) is 0 Å². The molecule has 0 bridgehead atoms. The maximum Gasteiger partial charge on any atom is 0.241 e. The first kappa shape index (κ1) is 16.5. The van der Waals surface area contributed by atoms with Crippen molar-refractivity contribution in [2.24, 2.45) is 0 Å². The van der Waals surface area contributed by atoms with E-state index in [2.05, 4.69) is 11.6 Å². The molecule has 0 aliphatic heterocycles. The molecule has 0 saturated heterocycles. The minimum Gasteiger partial charge on any atom is -0.497 e. The second kappa shape index (κ2) is 6.94. The first-order valence-corrected chi connectivity index (χ1v) is 8.70. The molecule has 2 aromatic carbocycles. The number of ether oxygens (including phenoxy) is 1. The average molecular weight is 319 g/mol. The lowest BCUT2D eigenvalue weighted by Crippen LogP contribution is -2.26. The van der Waals surface area contributed by atoms with Gasteiger partial charge in [0.1, 0.15) is 5.75 Å². The lowest BCUT2D eigenvalue weighted by molar-refractivity contribution is 0.414. The number of hydrogen-bond donors (Lipinski definition) is 1. The van der Waals surface area contributed by atoms with Crippen molar-refractivity contribution in [2.45, 2.75) is 31.2 Å². The Morgan fingerprint density at radius 2 is 1.64 bits per heavy atom. The smallest absolute Gasteiger partial charge is 0.241 e. The molecule has 0 radical (unpaired) electrons. The molecule has 2 rings (SSSR count). The zero-order valence-electron chi connectivity index (χ0n) is 13.0. The predicted octanol–water partition coefficient (Wildman–Crippen LogP) is 3.30. The van der Waals surface area contributed by atoms with Gasteiger partial charge < -0.3 is 4.74 Å². The monoisotopic (exact) mass is 319 g/mol. The van der Waals surface area contributed by atoms with Crippen LogP contribution in [0.2, 0.25) is 0 Å². The van der Waals surface area contributed by atoms with Gasteiger partial charge in [0.2, 0.25) is 10.0 Å². The molecule has 1 atom stereocenters. The Bertz CT molecular complexity index is 707. The summed E-state index contributed by atoms with van der Waals surface area (Å²) in [6.45, 7) is 3.92. The highest BCUT2D eigenvalue weighted by Crippen LogP contribution is 2.19. The molecule has 0 aliphatic rings. The van der Waals surface area contributed by atoms with E-state index in [-0.39, 0.29) is 10.9 Å². The van der Waals surface area contributed by atoms with Crippen LogP contribution in [0, 0.1) is 0 Å². The first-order valence-electron chi connectivity index (χ1n) is 7.21. The van der Waals surface area contributed by atoms with E-state index in [0.29, 0.717) is 5.75 Å². The van der Waals surface area contributed by atoms with E-state index >= 15 is 0 Å². The SMILES string of the molecule is CCc1ccc([C@@H](C)NS(=O)(=O)c2ccc(OC)cc2)cc1. The minimum atomic E-state index is -3.55. The highest BCUT2D eigenvalue weighted by atomic mass is 32.2. The molecule has 0 fully saturated rings. The van der Waals surface area contributed by atoms with Crippen LogP contribution in [0.15, 0.2) is 53.4 Å². The van der Waals surface area contributed by atoms with Gasteiger partial charge in [-0.15, -0.1) is 0 Å². The predicted molar refractivity (Wildman–Crippen MR) is 87.6 cm³/mol. The summed E-state index contributed by atoms with van der Waals surface area (Å²) in [6.07, 6.45) is 0.965. The van der Waals surface area contributed by atoms with Crippen molar-refractivity contribution in [3.8, 4) is 5.75 Å². The molecule has 118 valence electrons. The summed E-state index contributed by atoms with van der Waals surface area (Å²) < 4.78 is 32.5. The van der Waals surface area contributed by atoms with Crippen LogP contribution >= 0.6 is 0 Å². The molecule has 0 amide bonds. The number of benzene rings is 2. The Morgan fingerprint density at radius 1 is 1.05 bits per heavy atom. The fraction of sp³-hybridized carbons (Fsp3) is 0.294. The maximum absolute atomic E-state index is 12.4. The molecule has 5 heteroatoms. The van der Waals surface area contributed by atoms with Crippen LogP contribution < -0.4 is 9.46 Å². The van der Waals surface area contributed by atoms with Gasteiger partial charge in [0.25, 0.3) is 0 Å². The third-order valence-electron chi connectivity index (χ3n) is 3.59. The minimum absolute atomic E-state index is 0.227. The summed E-state index contributed by atoms with van der Waals surface area (Å²) in [5, 5.41) is 0. The molecule has 22 heavy (non-hydrogen) atoms. The molecule has 0 unspecified atom stereocenters. The number of nitrogens with one attached hydrogen (secondary N) is 1. The van der Waals surface area contributed by atoms with Crippen molar-refractivity contribution in [3.63, 3.8) is 0 Å². The summed E-state index contributed by atoms with van der Waals surface area (Å²) >= 11 is 0. The Balaban J connectivity index is 2.15. The van der Waals surface area contributed by atoms with Gasteiger partial charge in [0.05, 0.1) is 12.0 Å². The maximum atomic E-state index is 12.4. The summed E-state index contributed by atoms with van der Waals surface area (Å²) in [7, 11) is -2.01. The van der Waals surface area contributed by atoms with Crippen molar-refractivity contribution in [1.29, 1.82) is 0 Å². The molecule has 0 aliphatic carbocycles. The Hall–Kier alpha value is -1.85. The number of aryl methyl sites for hydroxylation is 1. The van der Waals surface area contributed by atoms with Crippen molar-refractivity contribution < 1.29 is 13.2 Å². The second-order valence-electron chi connectivity index (χ2n) is 5.11. The highest BCUT2D eigenvalue weighted by molar-refractivity contribution is 7.89. The van der Waals surface area contributed by atoms with Crippen LogP contribution in [0.5, 0.6) is 5.75 Å². The van der Waals surface area contributed by atoms with E-state index in [1.54, 1.807) is 19.2 Å². The van der Waals surface area contributed by atoms with Crippen molar-refractivity contribution in [1.82, 2.24) is 4.72 Å². The highest BCUT2D eigenvalue weighted by Gasteiger charge is 2.18. The van der Waals surface area contributed by atoms with Crippen LogP contribution in [0.25, 0.3) is 0 Å². The standard InChI is InChI=1S/C17H21NO3S/c1-4-14-5-7-15(8-6-14)13(2)18-22(19,20)17-11-9-16(21-3)10-12-17/h5-13,18H,4H2,1-3H3/t13-/m1/s1. The zero-order valence-corrected chi connectivity index (χ0v) is 13.9. The quantitative estimate of drug-likeness (QED) is 0.889. The van der Waals surface area contributed by atoms with Gasteiger partial charge in [-0.3, -0.25) is 0 Å². The van der Waals surface area contributed by atoms with Crippen LogP contribution in [-0.4, -0.2) is 15.5 Å². The van der Waals surface area contributed by atoms with Crippen LogP contribution in [-0.2, 0) is 16.4 Å². The fourth-order valence-corrected chi connectivity index (χ4v) is 3.40. The molecular formula is C17H21NO3S. The Kier molecular flexibility index (Phi) is 5.21. The van der Waals surface area contributed by atoms with Crippen molar-refractivity contribution >= 4 is 10.0 Å². The summed E-state index contributed by atoms with van der Waals surface area (Å²) in [4.78, 5) is 0.227. The van der Waals surface area contributed by atoms with Gasteiger partial charge in [-0.2, -0.15) is 0 Å². The van der Waals surface area contributed by atoms with Crippen LogP contribution in [0.4, 0.5) is 0 Å². The largest absolute Gasteiger partial charge is 0.497 e. The third-order valence-corrected chi connectivity index (χ3v) is 5.15. The van der Waals surface area contributed by atoms with Crippen LogP contribution in [0.1, 0.15) is 31.0 Å². The first-order chi connectivity index (χ1) is 10.5. The zero-order chi connectivity index (χ0) is 16.2. The van der Waals surface area contributed by atoms with E-state index in [1.807, 2.05) is 31.2 Å². The van der Waals surface area contributed by atoms with Gasteiger partial charge >= 0.3 is 0 Å². The molecule has 0 heterocycles. The Labute approximate surface area is 132 Å². The lowest BCUT2D eigenvalue weighted by Gasteiger charge is -2.15. The summed E-state index contributed by atoms with van der Waals surface area (Å²) in [5.41, 5.74) is 2.17. The number of rotatable bonds is 6. The second-order valence-corrected chi connectivity index (χ2v) is 6.83. The van der Waals surface area contributed by atoms with Gasteiger partial charge in [0, 0.05) is 6.04 Å². The molecule has 2 aromatic rings. The van der Waals surface area contributed by atoms with E-state index in [4.69, 9.17) is 4.74 Å². The Morgan fingerprint density at radius 3 is 2.14 bits per heavy atom. The molecule has 0 saturated carbocycles. The number of hydrogen-bond acceptors (Lipinski definition) is 3. The molecular weight excluding hydrogens is 298 g/mol. The summed E-state index contributed by atoms with van der Waals surface area (Å²) in [6, 6.07) is 14.0. The van der Waals surface area contributed by atoms with Gasteiger partial charge in [-0.1, -0.05) is 31.2 Å². The topological polar surface area (TPSA) is 55.4 Å². The van der Waals surface area contributed by atoms with Crippen molar-refractivity contribution in [3.05, 3.63) is 59.7 Å². The normalized spacial score (nSPS) is 12.9. The number of methoxy groups -OCH3 is 1. The fourth-order valence-electron chi connectivity index (χ4n) is 2.17. The number of sulfonamides is 1. The van der Waals surface area contributed by atoms with E-state index in [0.717, 1.165) is 12.0 Å². The lowest BCUT2D eigenvalue weighted by atomic mass is 10.1. The molecule has 1 N–H and O–H groups in total. The van der Waals surface area contributed by atoms with E-state index in [9.17, 15) is 8.42 Å². The van der Waals surface area contributed by atoms with Crippen molar-refractivity contribution in [2.75, 3.05) is 7.11 Å². The average Bonchev–Trinajstić information content (AvgIpc) is 2.54. The summed E-state index contributed by atoms with van der Waals surface area (Å²) in [5.74, 6) is 0.627. The van der Waals surface area contributed by atoms with Gasteiger partial charge in [-0.05, 0) is 48.7 Å². The van der Waals surface area contributed by atoms with Gasteiger partial charge in [-0.25, -0.2) is 13.1 Å². The van der Waals surface area contributed by atoms with E-state index in [1.165, 1.54) is 17.7 Å². The molecule has 4 nitrogen and oxygen atoms in total. The van der Waals surface area contributed by atoms with Crippen LogP contribution in [0.3, 0.4) is 0 Å². The molecule has 0 spiro atoms. The molecule has 0 aromatic heterocycles. The van der Waals surface area contributed by atoms with E-state index < -0.39 is 10.0 Å². The third kappa shape index (κ3) is 3.87.